The number of ether oxygens (including phenoxy) is 1. The quantitative estimate of drug-likeness (QED) is 0.604. The maximum absolute atomic E-state index is 11.9. The third kappa shape index (κ3) is 4.16. The minimum Gasteiger partial charge on any atom is -0.459 e. The van der Waals surface area contributed by atoms with E-state index in [0.717, 1.165) is 11.1 Å². The van der Waals surface area contributed by atoms with E-state index in [1.54, 1.807) is 24.3 Å². The maximum Gasteiger partial charge on any atom is 0.310 e. The smallest absolute Gasteiger partial charge is 0.310 e. The van der Waals surface area contributed by atoms with Gasteiger partial charge in [-0.15, -0.1) is 0 Å². The number of carbonyl (C=O) groups is 1. The van der Waals surface area contributed by atoms with Crippen molar-refractivity contribution in [2.45, 2.75) is 13.0 Å². The number of hydrogen-bond acceptors (Lipinski definition) is 4. The molecule has 1 heterocycles. The molecule has 0 bridgehead atoms. The zero-order chi connectivity index (χ0) is 16.9. The van der Waals surface area contributed by atoms with Gasteiger partial charge < -0.3 is 9.26 Å². The van der Waals surface area contributed by atoms with Crippen molar-refractivity contribution < 1.29 is 14.1 Å². The molecule has 0 saturated heterocycles. The van der Waals surface area contributed by atoms with Gasteiger partial charge in [0, 0.05) is 11.6 Å². The van der Waals surface area contributed by atoms with Crippen LogP contribution in [0.4, 0.5) is 0 Å². The van der Waals surface area contributed by atoms with E-state index in [-0.39, 0.29) is 19.0 Å². The molecule has 0 aliphatic heterocycles. The largest absolute Gasteiger partial charge is 0.459 e. The number of hydrogen-bond donors (Lipinski definition) is 0. The Balaban J connectivity index is 1.56. The molecule has 0 spiro atoms. The second-order valence-corrected chi connectivity index (χ2v) is 5.95. The van der Waals surface area contributed by atoms with Crippen LogP contribution in [0.1, 0.15) is 11.3 Å². The van der Waals surface area contributed by atoms with E-state index in [2.05, 4.69) is 5.16 Å². The summed E-state index contributed by atoms with van der Waals surface area (Å²) < 4.78 is 10.5. The SMILES string of the molecule is O=C(Cc1ccc(Cl)c(Cl)c1)OCc1cc(-c2ccccc2)on1. The Morgan fingerprint density at radius 2 is 1.83 bits per heavy atom. The lowest BCUT2D eigenvalue weighted by molar-refractivity contribution is -0.144. The summed E-state index contributed by atoms with van der Waals surface area (Å²) in [5, 5.41) is 4.76. The second-order valence-electron chi connectivity index (χ2n) is 5.13. The van der Waals surface area contributed by atoms with Gasteiger partial charge in [0.25, 0.3) is 0 Å². The van der Waals surface area contributed by atoms with Crippen molar-refractivity contribution in [2.24, 2.45) is 0 Å². The van der Waals surface area contributed by atoms with Gasteiger partial charge >= 0.3 is 5.97 Å². The first-order valence-electron chi connectivity index (χ1n) is 7.22. The van der Waals surface area contributed by atoms with E-state index in [0.29, 0.717) is 21.5 Å². The van der Waals surface area contributed by atoms with Gasteiger partial charge in [0.1, 0.15) is 12.3 Å². The highest BCUT2D eigenvalue weighted by molar-refractivity contribution is 6.42. The summed E-state index contributed by atoms with van der Waals surface area (Å²) in [6.45, 7) is 0.0521. The number of esters is 1. The Labute approximate surface area is 148 Å². The fraction of sp³-hybridized carbons (Fsp3) is 0.111. The lowest BCUT2D eigenvalue weighted by Crippen LogP contribution is -2.08. The van der Waals surface area contributed by atoms with Crippen molar-refractivity contribution in [1.29, 1.82) is 0 Å². The fourth-order valence-electron chi connectivity index (χ4n) is 2.14. The average molecular weight is 362 g/mol. The van der Waals surface area contributed by atoms with Gasteiger partial charge in [-0.05, 0) is 17.7 Å². The van der Waals surface area contributed by atoms with Crippen LogP contribution in [0, 0.1) is 0 Å². The van der Waals surface area contributed by atoms with Crippen molar-refractivity contribution in [2.75, 3.05) is 0 Å². The summed E-state index contributed by atoms with van der Waals surface area (Å²) in [5.41, 5.74) is 2.20. The summed E-state index contributed by atoms with van der Waals surface area (Å²) >= 11 is 11.8. The fourth-order valence-corrected chi connectivity index (χ4v) is 2.46. The Kier molecular flexibility index (Phi) is 5.18. The van der Waals surface area contributed by atoms with Crippen LogP contribution in [0.3, 0.4) is 0 Å². The summed E-state index contributed by atoms with van der Waals surface area (Å²) in [4.78, 5) is 11.9. The molecule has 0 unspecified atom stereocenters. The number of rotatable bonds is 5. The molecule has 1 aromatic heterocycles. The van der Waals surface area contributed by atoms with Crippen LogP contribution < -0.4 is 0 Å². The van der Waals surface area contributed by atoms with Crippen LogP contribution in [-0.4, -0.2) is 11.1 Å². The van der Waals surface area contributed by atoms with Crippen molar-refractivity contribution in [3.63, 3.8) is 0 Å². The molecule has 122 valence electrons. The Morgan fingerprint density at radius 3 is 2.58 bits per heavy atom. The van der Waals surface area contributed by atoms with Crippen LogP contribution in [0.2, 0.25) is 10.0 Å². The van der Waals surface area contributed by atoms with Gasteiger partial charge in [-0.25, -0.2) is 0 Å². The lowest BCUT2D eigenvalue weighted by atomic mass is 10.1. The molecule has 0 atom stereocenters. The Bertz CT molecular complexity index is 846. The topological polar surface area (TPSA) is 52.3 Å². The number of benzene rings is 2. The van der Waals surface area contributed by atoms with Crippen molar-refractivity contribution in [1.82, 2.24) is 5.16 Å². The number of aromatic nitrogens is 1. The zero-order valence-electron chi connectivity index (χ0n) is 12.5. The highest BCUT2D eigenvalue weighted by atomic mass is 35.5. The highest BCUT2D eigenvalue weighted by Crippen LogP contribution is 2.23. The molecular formula is C18H13Cl2NO3. The molecule has 3 rings (SSSR count). The predicted octanol–water partition coefficient (Wildman–Crippen LogP) is 4.93. The number of nitrogens with zero attached hydrogens (tertiary/aromatic N) is 1. The van der Waals surface area contributed by atoms with Crippen LogP contribution in [0.5, 0.6) is 0 Å². The van der Waals surface area contributed by atoms with Crippen LogP contribution in [0.25, 0.3) is 11.3 Å². The lowest BCUT2D eigenvalue weighted by Gasteiger charge is -2.04. The molecule has 0 aliphatic carbocycles. The minimum absolute atomic E-state index is 0.0521. The summed E-state index contributed by atoms with van der Waals surface area (Å²) in [7, 11) is 0. The van der Waals surface area contributed by atoms with Crippen molar-refractivity contribution >= 4 is 29.2 Å². The zero-order valence-corrected chi connectivity index (χ0v) is 14.1. The summed E-state index contributed by atoms with van der Waals surface area (Å²) in [6.07, 6.45) is 0.111. The molecule has 4 nitrogen and oxygen atoms in total. The molecule has 6 heteroatoms. The van der Waals surface area contributed by atoms with E-state index >= 15 is 0 Å². The predicted molar refractivity (Wildman–Crippen MR) is 91.9 cm³/mol. The first-order chi connectivity index (χ1) is 11.6. The molecule has 2 aromatic carbocycles. The highest BCUT2D eigenvalue weighted by Gasteiger charge is 2.10. The third-order valence-corrected chi connectivity index (χ3v) is 4.07. The van der Waals surface area contributed by atoms with Crippen molar-refractivity contribution in [3.05, 3.63) is 75.9 Å². The molecule has 0 radical (unpaired) electrons. The van der Waals surface area contributed by atoms with Crippen molar-refractivity contribution in [3.8, 4) is 11.3 Å². The monoisotopic (exact) mass is 361 g/mol. The molecule has 3 aromatic rings. The van der Waals surface area contributed by atoms with Crippen LogP contribution >= 0.6 is 23.2 Å². The third-order valence-electron chi connectivity index (χ3n) is 3.33. The minimum atomic E-state index is -0.377. The summed E-state index contributed by atoms with van der Waals surface area (Å²) in [6, 6.07) is 16.4. The van der Waals surface area contributed by atoms with Gasteiger partial charge in [-0.3, -0.25) is 4.79 Å². The van der Waals surface area contributed by atoms with Gasteiger partial charge in [0.05, 0.1) is 16.5 Å². The average Bonchev–Trinajstić information content (AvgIpc) is 3.06. The molecule has 24 heavy (non-hydrogen) atoms. The maximum atomic E-state index is 11.9. The van der Waals surface area contributed by atoms with Gasteiger partial charge in [-0.1, -0.05) is 64.8 Å². The first kappa shape index (κ1) is 16.6. The number of carbonyl (C=O) groups excluding carboxylic acids is 1. The molecular weight excluding hydrogens is 349 g/mol. The van der Waals surface area contributed by atoms with E-state index in [9.17, 15) is 4.79 Å². The summed E-state index contributed by atoms with van der Waals surface area (Å²) in [5.74, 6) is 0.254. The van der Waals surface area contributed by atoms with E-state index in [4.69, 9.17) is 32.5 Å². The van der Waals surface area contributed by atoms with Crippen LogP contribution in [0.15, 0.2) is 59.1 Å². The van der Waals surface area contributed by atoms with Gasteiger partial charge in [0.15, 0.2) is 5.76 Å². The number of halogens is 2. The van der Waals surface area contributed by atoms with Gasteiger partial charge in [0.2, 0.25) is 0 Å². The van der Waals surface area contributed by atoms with E-state index < -0.39 is 0 Å². The molecule has 0 fully saturated rings. The molecule has 0 saturated carbocycles. The molecule has 0 amide bonds. The Hall–Kier alpha value is -2.30. The van der Waals surface area contributed by atoms with Crippen LogP contribution in [-0.2, 0) is 22.6 Å². The normalized spacial score (nSPS) is 10.6. The molecule has 0 N–H and O–H groups in total. The standard InChI is InChI=1S/C18H13Cl2NO3/c19-15-7-6-12(8-16(15)20)9-18(22)23-11-14-10-17(24-21-14)13-4-2-1-3-5-13/h1-8,10H,9,11H2. The van der Waals surface area contributed by atoms with E-state index in [1.165, 1.54) is 0 Å². The second kappa shape index (κ2) is 7.51. The van der Waals surface area contributed by atoms with E-state index in [1.807, 2.05) is 30.3 Å². The van der Waals surface area contributed by atoms with Gasteiger partial charge in [-0.2, -0.15) is 0 Å². The Morgan fingerprint density at radius 1 is 1.04 bits per heavy atom. The molecule has 0 aliphatic rings. The first-order valence-corrected chi connectivity index (χ1v) is 7.98.